The molecule has 1 atom stereocenters. The summed E-state index contributed by atoms with van der Waals surface area (Å²) in [5.41, 5.74) is 4.10. The van der Waals surface area contributed by atoms with Crippen molar-refractivity contribution >= 4 is 22.6 Å². The molecule has 2 N–H and O–H groups in total. The number of carbonyl (C=O) groups is 2. The summed E-state index contributed by atoms with van der Waals surface area (Å²) >= 11 is 0. The Balaban J connectivity index is 1.37. The first-order valence-electron chi connectivity index (χ1n) is 14.9. The van der Waals surface area contributed by atoms with Gasteiger partial charge in [0.2, 0.25) is 0 Å². The van der Waals surface area contributed by atoms with Gasteiger partial charge in [-0.25, -0.2) is 4.79 Å². The number of aromatic nitrogens is 1. The third-order valence-electron chi connectivity index (χ3n) is 7.52. The van der Waals surface area contributed by atoms with Crippen LogP contribution in [0.25, 0.3) is 22.0 Å². The number of benzene rings is 3. The average molecular weight is 567 g/mol. The monoisotopic (exact) mass is 566 g/mol. The summed E-state index contributed by atoms with van der Waals surface area (Å²) in [4.78, 5) is 29.4. The topological polar surface area (TPSA) is 88.5 Å². The summed E-state index contributed by atoms with van der Waals surface area (Å²) in [5, 5.41) is 14.6. The van der Waals surface area contributed by atoms with Crippen LogP contribution in [0.1, 0.15) is 81.3 Å². The molecule has 0 radical (unpaired) electrons. The van der Waals surface area contributed by atoms with Gasteiger partial charge in [0, 0.05) is 29.1 Å². The molecule has 0 aliphatic heterocycles. The van der Waals surface area contributed by atoms with Gasteiger partial charge in [0.25, 0.3) is 5.91 Å². The van der Waals surface area contributed by atoms with E-state index in [1.807, 2.05) is 60.8 Å². The van der Waals surface area contributed by atoms with Crippen LogP contribution in [0.3, 0.4) is 0 Å². The lowest BCUT2D eigenvalue weighted by Crippen LogP contribution is -2.42. The summed E-state index contributed by atoms with van der Waals surface area (Å²) in [6.45, 7) is 9.25. The van der Waals surface area contributed by atoms with Crippen LogP contribution in [-0.4, -0.2) is 34.6 Å². The summed E-state index contributed by atoms with van der Waals surface area (Å²) in [6.07, 6.45) is 8.07. The van der Waals surface area contributed by atoms with E-state index in [1.165, 1.54) is 25.7 Å². The van der Waals surface area contributed by atoms with Crippen molar-refractivity contribution in [2.24, 2.45) is 0 Å². The maximum absolute atomic E-state index is 12.8. The third-order valence-corrected chi connectivity index (χ3v) is 7.52. The molecule has 6 nitrogen and oxygen atoms in total. The summed E-state index contributed by atoms with van der Waals surface area (Å²) in [7, 11) is 0. The first kappa shape index (κ1) is 30.8. The number of nitrogens with one attached hydrogen (secondary N) is 1. The first-order valence-corrected chi connectivity index (χ1v) is 14.9. The fourth-order valence-corrected chi connectivity index (χ4v) is 4.87. The Morgan fingerprint density at radius 2 is 1.60 bits per heavy atom. The molecule has 1 unspecified atom stereocenters. The smallest absolute Gasteiger partial charge is 0.326 e. The van der Waals surface area contributed by atoms with Crippen LogP contribution in [0.5, 0.6) is 5.75 Å². The van der Waals surface area contributed by atoms with Crippen LogP contribution in [0, 0.1) is 0 Å². The molecule has 0 saturated carbocycles. The Hall–Kier alpha value is -4.19. The number of fused-ring (bicyclic) bond motifs is 1. The number of hydrogen-bond donors (Lipinski definition) is 2. The van der Waals surface area contributed by atoms with Gasteiger partial charge < -0.3 is 15.2 Å². The van der Waals surface area contributed by atoms with E-state index in [-0.39, 0.29) is 11.8 Å². The lowest BCUT2D eigenvalue weighted by atomic mass is 9.86. The number of amides is 1. The van der Waals surface area contributed by atoms with Gasteiger partial charge in [0.15, 0.2) is 0 Å². The van der Waals surface area contributed by atoms with Crippen LogP contribution >= 0.6 is 0 Å². The number of nitrogens with zero attached hydrogens (tertiary/aromatic N) is 1. The Labute approximate surface area is 249 Å². The molecule has 0 spiro atoms. The lowest BCUT2D eigenvalue weighted by Gasteiger charge is -2.19. The van der Waals surface area contributed by atoms with Crippen molar-refractivity contribution < 1.29 is 19.4 Å². The molecule has 1 heterocycles. The molecular formula is C36H42N2O4. The van der Waals surface area contributed by atoms with E-state index in [0.717, 1.165) is 51.9 Å². The van der Waals surface area contributed by atoms with E-state index < -0.39 is 17.9 Å². The average Bonchev–Trinajstić information content (AvgIpc) is 2.98. The highest BCUT2D eigenvalue weighted by atomic mass is 16.5. The Kier molecular flexibility index (Phi) is 10.3. The lowest BCUT2D eigenvalue weighted by molar-refractivity contribution is -0.139. The zero-order valence-corrected chi connectivity index (χ0v) is 25.2. The van der Waals surface area contributed by atoms with Gasteiger partial charge in [-0.05, 0) is 58.7 Å². The molecule has 1 aromatic heterocycles. The Morgan fingerprint density at radius 1 is 0.881 bits per heavy atom. The van der Waals surface area contributed by atoms with Crippen LogP contribution in [-0.2, 0) is 16.6 Å². The minimum atomic E-state index is -1.07. The minimum absolute atomic E-state index is 0.0292. The van der Waals surface area contributed by atoms with E-state index >= 15 is 0 Å². The fourth-order valence-electron chi connectivity index (χ4n) is 4.87. The second-order valence-corrected chi connectivity index (χ2v) is 11.9. The van der Waals surface area contributed by atoms with Crippen molar-refractivity contribution in [3.05, 3.63) is 95.7 Å². The number of hydrogen-bond acceptors (Lipinski definition) is 4. The van der Waals surface area contributed by atoms with E-state index in [0.29, 0.717) is 5.56 Å². The molecule has 4 aromatic rings. The quantitative estimate of drug-likeness (QED) is 0.160. The largest absolute Gasteiger partial charge is 0.494 e. The van der Waals surface area contributed by atoms with Crippen molar-refractivity contribution in [2.75, 3.05) is 6.61 Å². The molecule has 0 aliphatic carbocycles. The predicted molar refractivity (Wildman–Crippen MR) is 169 cm³/mol. The van der Waals surface area contributed by atoms with Gasteiger partial charge in [-0.3, -0.25) is 9.78 Å². The predicted octanol–water partition coefficient (Wildman–Crippen LogP) is 7.97. The summed E-state index contributed by atoms with van der Waals surface area (Å²) < 4.78 is 5.94. The van der Waals surface area contributed by atoms with Gasteiger partial charge in [-0.15, -0.1) is 0 Å². The molecule has 42 heavy (non-hydrogen) atoms. The van der Waals surface area contributed by atoms with Gasteiger partial charge in [-0.2, -0.15) is 0 Å². The van der Waals surface area contributed by atoms with Crippen molar-refractivity contribution in [1.29, 1.82) is 0 Å². The molecule has 4 rings (SSSR count). The number of aliphatic carboxylic acids is 1. The van der Waals surface area contributed by atoms with Crippen molar-refractivity contribution in [2.45, 2.75) is 77.7 Å². The molecule has 0 saturated heterocycles. The molecule has 0 bridgehead atoms. The Bertz CT molecular complexity index is 1490. The van der Waals surface area contributed by atoms with Crippen LogP contribution in [0.15, 0.2) is 79.0 Å². The van der Waals surface area contributed by atoms with E-state index in [9.17, 15) is 14.7 Å². The highest BCUT2D eigenvalue weighted by Crippen LogP contribution is 2.26. The van der Waals surface area contributed by atoms with Crippen LogP contribution in [0.4, 0.5) is 0 Å². The molecule has 1 amide bonds. The highest BCUT2D eigenvalue weighted by molar-refractivity contribution is 5.96. The zero-order chi connectivity index (χ0) is 30.1. The number of unbranched alkanes of at least 4 members (excludes halogenated alkanes) is 4. The second-order valence-electron chi connectivity index (χ2n) is 11.9. The highest BCUT2D eigenvalue weighted by Gasteiger charge is 2.22. The van der Waals surface area contributed by atoms with Crippen molar-refractivity contribution in [1.82, 2.24) is 10.3 Å². The summed E-state index contributed by atoms with van der Waals surface area (Å²) in [5.74, 6) is -0.617. The third kappa shape index (κ3) is 8.41. The molecule has 0 fully saturated rings. The maximum Gasteiger partial charge on any atom is 0.326 e. The standard InChI is InChI=1S/C36H42N2O4/c1-5-6-7-8-9-20-42-31-19-16-28-23-32(37-24-29(28)22-31)26-12-10-25(11-13-26)21-33(35(40)41)38-34(39)27-14-17-30(18-15-27)36(2,3)4/h10-19,22-24,33H,5-9,20-21H2,1-4H3,(H,38,39)(H,40,41). The fraction of sp³-hybridized carbons (Fsp3) is 0.361. The Morgan fingerprint density at radius 3 is 2.26 bits per heavy atom. The van der Waals surface area contributed by atoms with E-state index in [1.54, 1.807) is 12.1 Å². The van der Waals surface area contributed by atoms with E-state index in [2.05, 4.69) is 44.1 Å². The van der Waals surface area contributed by atoms with E-state index in [4.69, 9.17) is 4.74 Å². The molecule has 0 aliphatic rings. The summed E-state index contributed by atoms with van der Waals surface area (Å²) in [6, 6.07) is 22.0. The van der Waals surface area contributed by atoms with Gasteiger partial charge in [0.05, 0.1) is 12.3 Å². The molecule has 220 valence electrons. The second kappa shape index (κ2) is 14.1. The molecule has 3 aromatic carbocycles. The minimum Gasteiger partial charge on any atom is -0.494 e. The van der Waals surface area contributed by atoms with Crippen LogP contribution in [0.2, 0.25) is 0 Å². The number of pyridine rings is 1. The normalized spacial score (nSPS) is 12.2. The number of carboxylic acids is 1. The van der Waals surface area contributed by atoms with Gasteiger partial charge >= 0.3 is 5.97 Å². The molecular weight excluding hydrogens is 524 g/mol. The van der Waals surface area contributed by atoms with Crippen molar-refractivity contribution in [3.8, 4) is 17.0 Å². The number of carbonyl (C=O) groups excluding carboxylic acids is 1. The van der Waals surface area contributed by atoms with Crippen LogP contribution < -0.4 is 10.1 Å². The van der Waals surface area contributed by atoms with Gasteiger partial charge in [0.1, 0.15) is 11.8 Å². The van der Waals surface area contributed by atoms with Gasteiger partial charge in [-0.1, -0.05) is 95.8 Å². The number of rotatable bonds is 13. The number of carboxylic acid groups (broad SMARTS) is 1. The number of ether oxygens (including phenoxy) is 1. The van der Waals surface area contributed by atoms with Crippen molar-refractivity contribution in [3.63, 3.8) is 0 Å². The first-order chi connectivity index (χ1) is 20.1. The maximum atomic E-state index is 12.8. The SMILES string of the molecule is CCCCCCCOc1ccc2cc(-c3ccc(CC(NC(=O)c4ccc(C(C)(C)C)cc4)C(=O)O)cc3)ncc2c1. The zero-order valence-electron chi connectivity index (χ0n) is 25.2. The molecule has 6 heteroatoms.